The highest BCUT2D eigenvalue weighted by Gasteiger charge is 2.96. The SMILES string of the molecule is CCCCN(CCCP(=O)(O)O)S(=O)(=O)C(F)(F)C(F)(F)C(F)(F)C(F)(F)C(F)(F)C(F)(F)C(F)(F)C(F)(F)F. The van der Waals surface area contributed by atoms with E-state index in [2.05, 4.69) is 0 Å². The third-order valence-electron chi connectivity index (χ3n) is 4.98. The van der Waals surface area contributed by atoms with Crippen molar-refractivity contribution >= 4 is 17.6 Å². The van der Waals surface area contributed by atoms with Crippen LogP contribution in [-0.4, -0.2) is 88.7 Å². The largest absolute Gasteiger partial charge is 0.460 e. The van der Waals surface area contributed by atoms with Crippen molar-refractivity contribution in [1.29, 1.82) is 0 Å². The van der Waals surface area contributed by atoms with Gasteiger partial charge in [-0.1, -0.05) is 13.3 Å². The van der Waals surface area contributed by atoms with Gasteiger partial charge in [0.1, 0.15) is 0 Å². The van der Waals surface area contributed by atoms with Crippen LogP contribution in [0.1, 0.15) is 26.2 Å². The summed E-state index contributed by atoms with van der Waals surface area (Å²) in [6, 6.07) is 0. The van der Waals surface area contributed by atoms with E-state index in [-0.39, 0.29) is 6.42 Å². The summed E-state index contributed by atoms with van der Waals surface area (Å²) < 4.78 is 262. The van der Waals surface area contributed by atoms with Crippen molar-refractivity contribution in [3.63, 3.8) is 0 Å². The smallest absolute Gasteiger partial charge is 0.324 e. The number of nitrogens with zero attached hydrogens (tertiary/aromatic N) is 1. The van der Waals surface area contributed by atoms with Crippen LogP contribution in [0.2, 0.25) is 0 Å². The Balaban J connectivity index is 6.95. The molecule has 0 saturated heterocycles. The molecule has 0 aliphatic carbocycles. The molecule has 25 heteroatoms. The molecular weight excluding hydrogens is 660 g/mol. The van der Waals surface area contributed by atoms with Crippen molar-refractivity contribution in [1.82, 2.24) is 4.31 Å². The third-order valence-corrected chi connectivity index (χ3v) is 7.82. The summed E-state index contributed by atoms with van der Waals surface area (Å²) >= 11 is 0. The summed E-state index contributed by atoms with van der Waals surface area (Å²) in [5.41, 5.74) is 0. The van der Waals surface area contributed by atoms with Gasteiger partial charge in [0.15, 0.2) is 0 Å². The van der Waals surface area contributed by atoms with Crippen molar-refractivity contribution in [2.75, 3.05) is 19.3 Å². The molecule has 0 aliphatic heterocycles. The Bertz CT molecular complexity index is 1040. The van der Waals surface area contributed by atoms with E-state index in [9.17, 15) is 87.6 Å². The van der Waals surface area contributed by atoms with Gasteiger partial charge < -0.3 is 9.79 Å². The fraction of sp³-hybridized carbons (Fsp3) is 1.00. The number of alkyl halides is 17. The first-order chi connectivity index (χ1) is 17.2. The van der Waals surface area contributed by atoms with Crippen molar-refractivity contribution in [3.8, 4) is 0 Å². The van der Waals surface area contributed by atoms with Gasteiger partial charge in [0.2, 0.25) is 0 Å². The van der Waals surface area contributed by atoms with Gasteiger partial charge in [-0.2, -0.15) is 78.9 Å². The molecule has 0 heterocycles. The molecule has 242 valence electrons. The molecule has 0 spiro atoms. The van der Waals surface area contributed by atoms with Crippen LogP contribution >= 0.6 is 7.60 Å². The number of sulfonamides is 1. The summed E-state index contributed by atoms with van der Waals surface area (Å²) in [6.07, 6.45) is -11.3. The summed E-state index contributed by atoms with van der Waals surface area (Å²) in [7, 11) is -12.6. The van der Waals surface area contributed by atoms with Crippen molar-refractivity contribution < 1.29 is 97.4 Å². The van der Waals surface area contributed by atoms with E-state index in [4.69, 9.17) is 9.79 Å². The zero-order chi connectivity index (χ0) is 32.8. The first-order valence-electron chi connectivity index (χ1n) is 9.92. The van der Waals surface area contributed by atoms with Crippen LogP contribution in [0, 0.1) is 0 Å². The van der Waals surface area contributed by atoms with Crippen LogP contribution in [0.3, 0.4) is 0 Å². The molecule has 0 bridgehead atoms. The number of hydrogen-bond donors (Lipinski definition) is 2. The van der Waals surface area contributed by atoms with Gasteiger partial charge >= 0.3 is 54.6 Å². The molecular formula is C15H17F17NO5PS. The summed E-state index contributed by atoms with van der Waals surface area (Å²) in [6.45, 7) is -1.85. The lowest BCUT2D eigenvalue weighted by atomic mass is 9.91. The van der Waals surface area contributed by atoms with E-state index in [0.29, 0.717) is 0 Å². The lowest BCUT2D eigenvalue weighted by molar-refractivity contribution is -0.458. The quantitative estimate of drug-likeness (QED) is 0.165. The highest BCUT2D eigenvalue weighted by atomic mass is 32.2. The minimum atomic E-state index is -8.94. The van der Waals surface area contributed by atoms with E-state index in [0.717, 1.165) is 0 Å². The highest BCUT2D eigenvalue weighted by Crippen LogP contribution is 2.64. The van der Waals surface area contributed by atoms with E-state index in [1.165, 1.54) is 6.92 Å². The molecule has 0 fully saturated rings. The molecule has 0 aromatic carbocycles. The molecule has 0 amide bonds. The maximum absolute atomic E-state index is 14.3. The van der Waals surface area contributed by atoms with Crippen LogP contribution in [0.4, 0.5) is 74.6 Å². The number of unbranched alkanes of at least 4 members (excludes halogenated alkanes) is 1. The molecule has 2 N–H and O–H groups in total. The van der Waals surface area contributed by atoms with E-state index in [1.54, 1.807) is 0 Å². The molecule has 40 heavy (non-hydrogen) atoms. The average Bonchev–Trinajstić information content (AvgIpc) is 2.73. The highest BCUT2D eigenvalue weighted by molar-refractivity contribution is 7.90. The van der Waals surface area contributed by atoms with Gasteiger partial charge in [-0.15, -0.1) is 0 Å². The molecule has 6 nitrogen and oxygen atoms in total. The summed E-state index contributed by atoms with van der Waals surface area (Å²) in [5.74, 6) is -52.2. The normalized spacial score (nSPS) is 16.1. The van der Waals surface area contributed by atoms with Crippen LogP contribution < -0.4 is 0 Å². The van der Waals surface area contributed by atoms with Crippen LogP contribution in [0.25, 0.3) is 0 Å². The Morgan fingerprint density at radius 1 is 0.600 bits per heavy atom. The minimum Gasteiger partial charge on any atom is -0.324 e. The van der Waals surface area contributed by atoms with Gasteiger partial charge in [0.05, 0.1) is 6.16 Å². The second-order valence-corrected chi connectivity index (χ2v) is 11.7. The van der Waals surface area contributed by atoms with E-state index < -0.39 is 101 Å². The molecule has 0 aromatic rings. The number of halogens is 17. The molecule has 0 saturated carbocycles. The lowest BCUT2D eigenvalue weighted by Crippen LogP contribution is -2.75. The second-order valence-electron chi connectivity index (χ2n) is 7.96. The van der Waals surface area contributed by atoms with Crippen molar-refractivity contribution in [2.24, 2.45) is 0 Å². The zero-order valence-electron chi connectivity index (χ0n) is 19.1. The van der Waals surface area contributed by atoms with Crippen molar-refractivity contribution in [2.45, 2.75) is 73.2 Å². The molecule has 0 atom stereocenters. The Hall–Kier alpha value is -1.13. The van der Waals surface area contributed by atoms with Crippen LogP contribution in [-0.2, 0) is 14.6 Å². The molecule has 0 unspecified atom stereocenters. The molecule has 0 rings (SSSR count). The van der Waals surface area contributed by atoms with Gasteiger partial charge in [0, 0.05) is 13.1 Å². The fourth-order valence-electron chi connectivity index (χ4n) is 2.61. The predicted molar refractivity (Wildman–Crippen MR) is 97.6 cm³/mol. The first-order valence-corrected chi connectivity index (χ1v) is 13.2. The number of hydrogen-bond acceptors (Lipinski definition) is 3. The zero-order valence-corrected chi connectivity index (χ0v) is 20.8. The van der Waals surface area contributed by atoms with E-state index in [1.807, 2.05) is 0 Å². The first kappa shape index (κ1) is 38.9. The predicted octanol–water partition coefficient (Wildman–Crippen LogP) is 5.95. The Morgan fingerprint density at radius 2 is 0.925 bits per heavy atom. The molecule has 0 aromatic heterocycles. The van der Waals surface area contributed by atoms with Gasteiger partial charge in [-0.05, 0) is 12.8 Å². The number of rotatable bonds is 15. The van der Waals surface area contributed by atoms with Crippen molar-refractivity contribution in [3.05, 3.63) is 0 Å². The maximum Gasteiger partial charge on any atom is 0.460 e. The standard InChI is InChI=1S/C15H17F17NO5PS/c1-2-3-5-33(6-4-7-39(34,35)36)40(37,38)15(31,32)13(26,27)11(22,23)9(18,19)8(16,17)10(20,21)12(24,25)14(28,29)30/h2-7H2,1H3,(H2,34,35,36). The van der Waals surface area contributed by atoms with Gasteiger partial charge in [0.25, 0.3) is 10.0 Å². The topological polar surface area (TPSA) is 94.9 Å². The molecule has 0 radical (unpaired) electrons. The van der Waals surface area contributed by atoms with Crippen LogP contribution in [0.5, 0.6) is 0 Å². The third kappa shape index (κ3) is 6.14. The fourth-order valence-corrected chi connectivity index (χ4v) is 4.68. The summed E-state index contributed by atoms with van der Waals surface area (Å²) in [4.78, 5) is 17.4. The summed E-state index contributed by atoms with van der Waals surface area (Å²) in [5, 5.41) is -7.71. The Kier molecular flexibility index (Phi) is 10.9. The van der Waals surface area contributed by atoms with Gasteiger partial charge in [-0.25, -0.2) is 8.42 Å². The second kappa shape index (κ2) is 11.2. The lowest BCUT2D eigenvalue weighted by Gasteiger charge is -2.43. The Labute approximate surface area is 212 Å². The maximum atomic E-state index is 14.3. The van der Waals surface area contributed by atoms with Crippen LogP contribution in [0.15, 0.2) is 0 Å². The van der Waals surface area contributed by atoms with E-state index >= 15 is 0 Å². The monoisotopic (exact) mass is 677 g/mol. The van der Waals surface area contributed by atoms with Gasteiger partial charge in [-0.3, -0.25) is 4.57 Å². The minimum absolute atomic E-state index is 0.213. The Morgan fingerprint density at radius 3 is 1.25 bits per heavy atom. The molecule has 0 aliphatic rings. The average molecular weight is 677 g/mol.